The number of hydrogen-bond acceptors (Lipinski definition) is 20. The second kappa shape index (κ2) is 29.9. The van der Waals surface area contributed by atoms with Crippen LogP contribution in [0.2, 0.25) is 0 Å². The van der Waals surface area contributed by atoms with E-state index in [0.717, 1.165) is 12.8 Å². The number of oxime groups is 2. The fraction of sp³-hybridized carbons (Fsp3) is 0.519. The Hall–Kier alpha value is -7.67. The molecule has 0 amide bonds. The average molecular weight is 1250 g/mol. The smallest absolute Gasteiger partial charge is 0.294 e. The van der Waals surface area contributed by atoms with E-state index in [1.807, 2.05) is 27.7 Å². The van der Waals surface area contributed by atoms with Gasteiger partial charge in [-0.25, -0.2) is 25.9 Å². The number of piperidine rings is 2. The molecule has 0 saturated carbocycles. The van der Waals surface area contributed by atoms with E-state index in [0.29, 0.717) is 145 Å². The largest absolute Gasteiger partial charge is 0.493 e. The third-order valence-electron chi connectivity index (χ3n) is 14.9. The van der Waals surface area contributed by atoms with Gasteiger partial charge in [-0.1, -0.05) is 50.8 Å². The average Bonchev–Trinajstić information content (AvgIpc) is 2.96. The van der Waals surface area contributed by atoms with Gasteiger partial charge in [-0.2, -0.15) is 8.61 Å². The van der Waals surface area contributed by atoms with Gasteiger partial charge < -0.3 is 39.5 Å². The lowest BCUT2D eigenvalue weighted by Gasteiger charge is -2.31. The molecule has 0 atom stereocenters. The maximum absolute atomic E-state index is 13.7. The third kappa shape index (κ3) is 15.2. The number of rotatable bonds is 26. The molecule has 8 rings (SSSR count). The summed E-state index contributed by atoms with van der Waals surface area (Å²) in [5.74, 6) is 1.28. The SMILES string of the molecule is CCCOc1ccc(S(=O)(=O)N2CCC(CCO[N+](=O)[O-])CC2)cc1-c1nn2c(CCC)c(/C=N/O)c(C)c2c(=O)[nH]1.CCCOc1ccc(S(=O)(=O)N2CCC(CCO[N+](=O)[O-])CC2)cc1-c1nn2c(CCC)c(/C=N\O)c(C)c2c(=O)[nH]1.Cl. The number of hydrogen-bond donors (Lipinski definition) is 4. The predicted molar refractivity (Wildman–Crippen MR) is 316 cm³/mol. The molecule has 4 aromatic heterocycles. The predicted octanol–water partition coefficient (Wildman–Crippen LogP) is 7.51. The Labute approximate surface area is 496 Å². The third-order valence-corrected chi connectivity index (χ3v) is 18.7. The molecule has 0 bridgehead atoms. The minimum absolute atomic E-state index is 0. The summed E-state index contributed by atoms with van der Waals surface area (Å²) in [5, 5.41) is 53.4. The second-order valence-electron chi connectivity index (χ2n) is 20.5. The van der Waals surface area contributed by atoms with Gasteiger partial charge in [0, 0.05) is 37.3 Å². The first kappa shape index (κ1) is 66.5. The summed E-state index contributed by atoms with van der Waals surface area (Å²) in [6.45, 7) is 13.2. The van der Waals surface area contributed by atoms with E-state index in [1.54, 1.807) is 26.0 Å². The molecule has 2 aliphatic heterocycles. The number of benzene rings is 2. The minimum atomic E-state index is -3.90. The van der Waals surface area contributed by atoms with Crippen molar-refractivity contribution >= 4 is 55.9 Å². The van der Waals surface area contributed by atoms with Crippen molar-refractivity contribution in [3.05, 3.63) is 111 Å². The van der Waals surface area contributed by atoms with Crippen LogP contribution in [0.25, 0.3) is 33.8 Å². The lowest BCUT2D eigenvalue weighted by Crippen LogP contribution is -2.38. The van der Waals surface area contributed by atoms with Crippen molar-refractivity contribution in [3.8, 4) is 34.3 Å². The van der Waals surface area contributed by atoms with Crippen molar-refractivity contribution < 1.29 is 56.6 Å². The quantitative estimate of drug-likeness (QED) is 0.0176. The van der Waals surface area contributed by atoms with Crippen molar-refractivity contribution in [3.63, 3.8) is 0 Å². The topological polar surface area (TPSA) is 363 Å². The number of fused-ring (bicyclic) bond motifs is 2. The fourth-order valence-corrected chi connectivity index (χ4v) is 13.6. The highest BCUT2D eigenvalue weighted by atomic mass is 35.5. The molecule has 2 saturated heterocycles. The lowest BCUT2D eigenvalue weighted by molar-refractivity contribution is -0.758. The molecule has 31 heteroatoms. The molecule has 4 N–H and O–H groups in total. The Morgan fingerprint density at radius 3 is 1.31 bits per heavy atom. The zero-order chi connectivity index (χ0) is 60.9. The van der Waals surface area contributed by atoms with E-state index in [4.69, 9.17) is 19.7 Å². The van der Waals surface area contributed by atoms with E-state index in [2.05, 4.69) is 30.0 Å². The van der Waals surface area contributed by atoms with E-state index < -0.39 is 41.3 Å². The van der Waals surface area contributed by atoms with Crippen molar-refractivity contribution in [2.24, 2.45) is 22.1 Å². The van der Waals surface area contributed by atoms with Crippen molar-refractivity contribution in [1.29, 1.82) is 0 Å². The molecule has 85 heavy (non-hydrogen) atoms. The Kier molecular flexibility index (Phi) is 23.4. The van der Waals surface area contributed by atoms with Crippen molar-refractivity contribution in [2.75, 3.05) is 52.6 Å². The highest BCUT2D eigenvalue weighted by Gasteiger charge is 2.33. The molecule has 464 valence electrons. The summed E-state index contributed by atoms with van der Waals surface area (Å²) < 4.78 is 72.4. The monoisotopic (exact) mass is 1240 g/mol. The molecule has 6 heterocycles. The number of nitrogens with zero attached hydrogens (tertiary/aromatic N) is 10. The summed E-state index contributed by atoms with van der Waals surface area (Å²) in [4.78, 5) is 62.0. The standard InChI is InChI=1S/2C27H36N6O8S.ClH/c2*1-4-6-23-22(17-28-35)18(3)25-27(34)29-26(30-32(23)25)21-16-20(7-8-24(21)40-14-5-2)42(38,39)31-12-9-19(10-13-31)11-15-41-33(36)37;/h2*7-8,16-17,19,35H,4-6,9-15H2,1-3H3,(H,29,30,34);1H/b28-17+;28-17-;. The number of halogens is 1. The van der Waals surface area contributed by atoms with Gasteiger partial charge >= 0.3 is 0 Å². The molecule has 28 nitrogen and oxygen atoms in total. The van der Waals surface area contributed by atoms with Crippen molar-refractivity contribution in [2.45, 2.75) is 128 Å². The summed E-state index contributed by atoms with van der Waals surface area (Å²) in [6.07, 6.45) is 9.82. The van der Waals surface area contributed by atoms with Crippen LogP contribution in [0.5, 0.6) is 11.5 Å². The Morgan fingerprint density at radius 2 is 0.988 bits per heavy atom. The number of aromatic nitrogens is 6. The maximum Gasteiger partial charge on any atom is 0.294 e. The first-order chi connectivity index (χ1) is 40.2. The van der Waals surface area contributed by atoms with Crippen LogP contribution in [0.3, 0.4) is 0 Å². The minimum Gasteiger partial charge on any atom is -0.493 e. The second-order valence-corrected chi connectivity index (χ2v) is 24.4. The van der Waals surface area contributed by atoms with Crippen LogP contribution < -0.4 is 20.6 Å². The summed E-state index contributed by atoms with van der Waals surface area (Å²) >= 11 is 0. The highest BCUT2D eigenvalue weighted by Crippen LogP contribution is 2.36. The van der Waals surface area contributed by atoms with Gasteiger partial charge in [0.05, 0.1) is 71.2 Å². The summed E-state index contributed by atoms with van der Waals surface area (Å²) in [6, 6.07) is 9.04. The van der Waals surface area contributed by atoms with Gasteiger partial charge in [-0.05, 0) is 137 Å². The van der Waals surface area contributed by atoms with E-state index >= 15 is 0 Å². The molecule has 2 fully saturated rings. The van der Waals surface area contributed by atoms with Gasteiger partial charge in [0.15, 0.2) is 11.6 Å². The van der Waals surface area contributed by atoms with Crippen LogP contribution >= 0.6 is 12.4 Å². The number of sulfonamides is 2. The first-order valence-electron chi connectivity index (χ1n) is 28.0. The van der Waals surface area contributed by atoms with Crippen LogP contribution in [0.1, 0.15) is 126 Å². The zero-order valence-corrected chi connectivity index (χ0v) is 50.7. The molecule has 0 spiro atoms. The van der Waals surface area contributed by atoms with Gasteiger partial charge in [0.2, 0.25) is 20.0 Å². The van der Waals surface area contributed by atoms with Crippen LogP contribution in [0, 0.1) is 45.9 Å². The molecule has 2 aliphatic rings. The normalized spacial score (nSPS) is 14.8. The molecular weight excluding hydrogens is 1170 g/mol. The van der Waals surface area contributed by atoms with Crippen molar-refractivity contribution in [1.82, 2.24) is 37.8 Å². The van der Waals surface area contributed by atoms with E-state index in [9.17, 15) is 57.1 Å². The van der Waals surface area contributed by atoms with Crippen LogP contribution in [0.4, 0.5) is 0 Å². The molecule has 0 aliphatic carbocycles. The van der Waals surface area contributed by atoms with E-state index in [1.165, 1.54) is 54.3 Å². The number of aromatic amines is 2. The van der Waals surface area contributed by atoms with Crippen LogP contribution in [-0.2, 0) is 42.6 Å². The van der Waals surface area contributed by atoms with Gasteiger partial charge in [-0.15, -0.1) is 42.8 Å². The summed E-state index contributed by atoms with van der Waals surface area (Å²) in [5.41, 5.74) is 4.23. The zero-order valence-electron chi connectivity index (χ0n) is 48.2. The fourth-order valence-electron chi connectivity index (χ4n) is 10.6. The molecular formula is C54H73ClN12O16S2. The van der Waals surface area contributed by atoms with Gasteiger partial charge in [-0.3, -0.25) is 9.59 Å². The lowest BCUT2D eigenvalue weighted by atomic mass is 9.95. The number of H-pyrrole nitrogens is 2. The Morgan fingerprint density at radius 1 is 0.624 bits per heavy atom. The van der Waals surface area contributed by atoms with E-state index in [-0.39, 0.29) is 85.1 Å². The first-order valence-corrected chi connectivity index (χ1v) is 30.8. The highest BCUT2D eigenvalue weighted by molar-refractivity contribution is 7.89. The number of nitrogens with one attached hydrogen (secondary N) is 2. The molecule has 0 radical (unpaired) electrons. The van der Waals surface area contributed by atoms with Gasteiger partial charge in [0.1, 0.15) is 22.5 Å². The molecule has 2 aromatic carbocycles. The van der Waals surface area contributed by atoms with Crippen LogP contribution in [-0.4, -0.2) is 140 Å². The summed E-state index contributed by atoms with van der Waals surface area (Å²) in [7, 11) is -7.80. The van der Waals surface area contributed by atoms with Gasteiger partial charge in [0.25, 0.3) is 21.3 Å². The number of ether oxygens (including phenoxy) is 2. The Balaban J connectivity index is 0.000000269. The van der Waals surface area contributed by atoms with Crippen LogP contribution in [0.15, 0.2) is 66.1 Å². The maximum atomic E-state index is 13.7. The molecule has 0 unspecified atom stereocenters. The number of aryl methyl sites for hydroxylation is 4. The molecule has 6 aromatic rings. The Bertz CT molecular complexity index is 3500.